The summed E-state index contributed by atoms with van der Waals surface area (Å²) in [6, 6.07) is 9.19. The Morgan fingerprint density at radius 2 is 1.67 bits per heavy atom. The zero-order valence-electron chi connectivity index (χ0n) is 19.3. The maximum Gasteiger partial charge on any atom is 0.416 e. The van der Waals surface area contributed by atoms with Gasteiger partial charge >= 0.3 is 12.3 Å². The van der Waals surface area contributed by atoms with Crippen molar-refractivity contribution in [2.24, 2.45) is 0 Å². The zero-order chi connectivity index (χ0) is 25.9. The summed E-state index contributed by atoms with van der Waals surface area (Å²) in [7, 11) is 3.09. The normalized spacial score (nSPS) is 22.9. The summed E-state index contributed by atoms with van der Waals surface area (Å²) >= 11 is 5.41. The standard InChI is InChI=1S/C23H24F3N3O6S/c1-31-15-7-14(8-16(9-15)32-2)27-21(36)29-17-10-33-20-18(11-34-19(17)20)35-22(30)28-13-5-3-4-12(6-13)23(24,25)26/h3-9,17-20H,10-11H2,1-2H3,(H,28,30)(H2,27,29,36)/t17-,18+,19+,20+/m0/s1. The molecule has 2 fully saturated rings. The highest BCUT2D eigenvalue weighted by Crippen LogP contribution is 2.32. The molecule has 2 aliphatic heterocycles. The third kappa shape index (κ3) is 6.09. The van der Waals surface area contributed by atoms with E-state index >= 15 is 0 Å². The maximum atomic E-state index is 12.9. The van der Waals surface area contributed by atoms with Gasteiger partial charge in [-0.1, -0.05) is 6.07 Å². The molecule has 0 unspecified atom stereocenters. The number of fused-ring (bicyclic) bond motifs is 1. The number of methoxy groups -OCH3 is 2. The molecule has 0 radical (unpaired) electrons. The smallest absolute Gasteiger partial charge is 0.416 e. The molecule has 4 rings (SSSR count). The fourth-order valence-corrected chi connectivity index (χ4v) is 4.23. The molecule has 13 heteroatoms. The molecule has 1 amide bonds. The van der Waals surface area contributed by atoms with E-state index in [1.807, 2.05) is 0 Å². The van der Waals surface area contributed by atoms with E-state index in [-0.39, 0.29) is 24.9 Å². The second-order valence-corrected chi connectivity index (χ2v) is 8.46. The van der Waals surface area contributed by atoms with E-state index in [4.69, 9.17) is 35.9 Å². The second kappa shape index (κ2) is 10.8. The summed E-state index contributed by atoms with van der Waals surface area (Å²) in [5.41, 5.74) is -0.267. The summed E-state index contributed by atoms with van der Waals surface area (Å²) in [4.78, 5) is 12.3. The Hall–Kier alpha value is -3.29. The van der Waals surface area contributed by atoms with Crippen LogP contribution in [0.25, 0.3) is 0 Å². The van der Waals surface area contributed by atoms with Crippen molar-refractivity contribution in [3.63, 3.8) is 0 Å². The predicted octanol–water partition coefficient (Wildman–Crippen LogP) is 3.79. The number of carbonyl (C=O) groups excluding carboxylic acids is 1. The van der Waals surface area contributed by atoms with Gasteiger partial charge in [-0.15, -0.1) is 0 Å². The van der Waals surface area contributed by atoms with Gasteiger partial charge in [0.05, 0.1) is 39.0 Å². The lowest BCUT2D eigenvalue weighted by Gasteiger charge is -2.20. The summed E-state index contributed by atoms with van der Waals surface area (Å²) in [6.07, 6.45) is -7.18. The first-order valence-electron chi connectivity index (χ1n) is 10.8. The van der Waals surface area contributed by atoms with Crippen molar-refractivity contribution in [3.05, 3.63) is 48.0 Å². The van der Waals surface area contributed by atoms with E-state index < -0.39 is 36.1 Å². The molecule has 0 spiro atoms. The van der Waals surface area contributed by atoms with Crippen LogP contribution in [-0.4, -0.2) is 63.0 Å². The van der Waals surface area contributed by atoms with Crippen LogP contribution < -0.4 is 25.4 Å². The number of rotatable bonds is 6. The summed E-state index contributed by atoms with van der Waals surface area (Å²) in [5, 5.41) is 8.82. The Bertz CT molecular complexity index is 1100. The minimum Gasteiger partial charge on any atom is -0.497 e. The number of hydrogen-bond acceptors (Lipinski definition) is 7. The van der Waals surface area contributed by atoms with Crippen molar-refractivity contribution in [1.82, 2.24) is 5.32 Å². The largest absolute Gasteiger partial charge is 0.497 e. The Balaban J connectivity index is 1.30. The number of hydrogen-bond donors (Lipinski definition) is 3. The van der Waals surface area contributed by atoms with Crippen LogP contribution in [0, 0.1) is 0 Å². The highest BCUT2D eigenvalue weighted by molar-refractivity contribution is 7.80. The molecule has 2 aromatic rings. The number of halogens is 3. The van der Waals surface area contributed by atoms with Gasteiger partial charge in [-0.3, -0.25) is 5.32 Å². The van der Waals surface area contributed by atoms with E-state index in [9.17, 15) is 18.0 Å². The molecule has 2 aromatic carbocycles. The fourth-order valence-electron chi connectivity index (χ4n) is 3.96. The number of amides is 1. The monoisotopic (exact) mass is 527 g/mol. The van der Waals surface area contributed by atoms with Crippen molar-refractivity contribution >= 4 is 34.8 Å². The van der Waals surface area contributed by atoms with Crippen LogP contribution >= 0.6 is 12.2 Å². The van der Waals surface area contributed by atoms with Gasteiger partial charge in [-0.05, 0) is 30.4 Å². The molecule has 194 valence electrons. The van der Waals surface area contributed by atoms with E-state index in [0.29, 0.717) is 22.3 Å². The second-order valence-electron chi connectivity index (χ2n) is 8.05. The van der Waals surface area contributed by atoms with E-state index in [1.54, 1.807) is 32.4 Å². The molecule has 9 nitrogen and oxygen atoms in total. The molecule has 36 heavy (non-hydrogen) atoms. The third-order valence-corrected chi connectivity index (χ3v) is 5.85. The number of nitrogens with one attached hydrogen (secondary N) is 3. The van der Waals surface area contributed by atoms with Gasteiger partial charge in [-0.2, -0.15) is 13.2 Å². The van der Waals surface area contributed by atoms with Gasteiger partial charge in [0.2, 0.25) is 0 Å². The number of benzene rings is 2. The number of alkyl halides is 3. The summed E-state index contributed by atoms with van der Waals surface area (Å²) in [5.74, 6) is 1.18. The van der Waals surface area contributed by atoms with Crippen molar-refractivity contribution < 1.29 is 41.7 Å². The maximum absolute atomic E-state index is 12.9. The minimum absolute atomic E-state index is 0.0391. The lowest BCUT2D eigenvalue weighted by molar-refractivity contribution is -0.137. The van der Waals surface area contributed by atoms with Crippen molar-refractivity contribution in [3.8, 4) is 11.5 Å². The van der Waals surface area contributed by atoms with Crippen molar-refractivity contribution in [2.45, 2.75) is 30.5 Å². The van der Waals surface area contributed by atoms with Gasteiger partial charge in [0.15, 0.2) is 11.2 Å². The van der Waals surface area contributed by atoms with Crippen LogP contribution in [0.3, 0.4) is 0 Å². The average Bonchev–Trinajstić information content (AvgIpc) is 3.41. The van der Waals surface area contributed by atoms with Gasteiger partial charge in [0.25, 0.3) is 0 Å². The highest BCUT2D eigenvalue weighted by atomic mass is 32.1. The molecule has 0 aliphatic carbocycles. The Morgan fingerprint density at radius 3 is 2.33 bits per heavy atom. The van der Waals surface area contributed by atoms with Crippen LogP contribution in [0.5, 0.6) is 11.5 Å². The predicted molar refractivity (Wildman–Crippen MR) is 128 cm³/mol. The quantitative estimate of drug-likeness (QED) is 0.485. The van der Waals surface area contributed by atoms with E-state index in [1.165, 1.54) is 12.1 Å². The highest BCUT2D eigenvalue weighted by Gasteiger charge is 2.49. The zero-order valence-corrected chi connectivity index (χ0v) is 20.1. The van der Waals surface area contributed by atoms with Crippen molar-refractivity contribution in [2.75, 3.05) is 38.1 Å². The molecule has 0 aromatic heterocycles. The van der Waals surface area contributed by atoms with Gasteiger partial charge in [0, 0.05) is 29.6 Å². The van der Waals surface area contributed by atoms with Gasteiger partial charge < -0.3 is 34.3 Å². The van der Waals surface area contributed by atoms with Crippen molar-refractivity contribution in [1.29, 1.82) is 0 Å². The molecular weight excluding hydrogens is 503 g/mol. The summed E-state index contributed by atoms with van der Waals surface area (Å²) in [6.45, 7) is 0.310. The van der Waals surface area contributed by atoms with Gasteiger partial charge in [0.1, 0.15) is 23.7 Å². The van der Waals surface area contributed by atoms with Crippen LogP contribution in [0.4, 0.5) is 29.3 Å². The van der Waals surface area contributed by atoms with E-state index in [2.05, 4.69) is 16.0 Å². The molecule has 2 aliphatic rings. The molecule has 2 saturated heterocycles. The van der Waals surface area contributed by atoms with Crippen LogP contribution in [0.1, 0.15) is 5.56 Å². The SMILES string of the molecule is COc1cc(NC(=S)N[C@H]2CO[C@H]3[C@@H]2OC[C@H]3OC(=O)Nc2cccc(C(F)(F)F)c2)cc(OC)c1. The first-order valence-corrected chi connectivity index (χ1v) is 11.3. The number of thiocarbonyl (C=S) groups is 1. The first kappa shape index (κ1) is 25.8. The topological polar surface area (TPSA) is 99.3 Å². The van der Waals surface area contributed by atoms with Crippen LogP contribution in [-0.2, 0) is 20.4 Å². The third-order valence-electron chi connectivity index (χ3n) is 5.63. The van der Waals surface area contributed by atoms with E-state index in [0.717, 1.165) is 12.1 Å². The molecule has 0 saturated carbocycles. The molecule has 0 bridgehead atoms. The molecular formula is C23H24F3N3O6S. The molecule has 4 atom stereocenters. The lowest BCUT2D eigenvalue weighted by atomic mass is 10.1. The number of ether oxygens (including phenoxy) is 5. The number of carbonyl (C=O) groups is 1. The summed E-state index contributed by atoms with van der Waals surface area (Å²) < 4.78 is 66.1. The molecule has 3 N–H and O–H groups in total. The fraction of sp³-hybridized carbons (Fsp3) is 0.391. The molecule has 2 heterocycles. The first-order chi connectivity index (χ1) is 17.2. The average molecular weight is 528 g/mol. The Labute approximate surface area is 210 Å². The minimum atomic E-state index is -4.53. The van der Waals surface area contributed by atoms with Crippen LogP contribution in [0.2, 0.25) is 0 Å². The van der Waals surface area contributed by atoms with Crippen LogP contribution in [0.15, 0.2) is 42.5 Å². The lowest BCUT2D eigenvalue weighted by Crippen LogP contribution is -2.46. The van der Waals surface area contributed by atoms with Gasteiger partial charge in [-0.25, -0.2) is 4.79 Å². The number of anilines is 2. The Morgan fingerprint density at radius 1 is 0.972 bits per heavy atom. The Kier molecular flexibility index (Phi) is 7.71.